The minimum Gasteiger partial charge on any atom is -0.351 e. The summed E-state index contributed by atoms with van der Waals surface area (Å²) in [5.74, 6) is 0.661. The first-order valence-electron chi connectivity index (χ1n) is 7.86. The highest BCUT2D eigenvalue weighted by atomic mass is 35.5. The van der Waals surface area contributed by atoms with Gasteiger partial charge in [-0.3, -0.25) is 4.79 Å². The zero-order valence-electron chi connectivity index (χ0n) is 13.9. The molecule has 2 N–H and O–H groups in total. The molecule has 0 saturated carbocycles. The van der Waals surface area contributed by atoms with Gasteiger partial charge in [0.25, 0.3) is 5.91 Å². The van der Waals surface area contributed by atoms with Crippen molar-refractivity contribution < 1.29 is 4.79 Å². The number of nitrogens with one attached hydrogen (secondary N) is 2. The Bertz CT molecular complexity index is 685. The maximum atomic E-state index is 12.4. The monoisotopic (exact) mass is 421 g/mol. The molecule has 1 aromatic carbocycles. The van der Waals surface area contributed by atoms with Crippen molar-refractivity contribution in [2.45, 2.75) is 19.8 Å². The van der Waals surface area contributed by atoms with Crippen LogP contribution in [0.3, 0.4) is 0 Å². The van der Waals surface area contributed by atoms with E-state index >= 15 is 0 Å². The van der Waals surface area contributed by atoms with E-state index in [1.807, 2.05) is 31.2 Å². The topological polar surface area (TPSA) is 54.0 Å². The summed E-state index contributed by atoms with van der Waals surface area (Å²) in [5.41, 5.74) is 1.76. The van der Waals surface area contributed by atoms with Gasteiger partial charge in [-0.15, -0.1) is 36.2 Å². The van der Waals surface area contributed by atoms with Gasteiger partial charge in [0.15, 0.2) is 0 Å². The molecule has 4 nitrogen and oxygen atoms in total. The van der Waals surface area contributed by atoms with Gasteiger partial charge in [-0.1, -0.05) is 23.7 Å². The summed E-state index contributed by atoms with van der Waals surface area (Å²) >= 11 is 7.34. The van der Waals surface area contributed by atoms with Gasteiger partial charge in [0.05, 0.1) is 5.69 Å². The second kappa shape index (κ2) is 10.3. The molecule has 1 fully saturated rings. The summed E-state index contributed by atoms with van der Waals surface area (Å²) in [4.78, 5) is 17.6. The van der Waals surface area contributed by atoms with E-state index in [0.29, 0.717) is 15.8 Å². The molecular weight excluding hydrogens is 401 g/mol. The lowest BCUT2D eigenvalue weighted by Gasteiger charge is -2.08. The highest BCUT2D eigenvalue weighted by Gasteiger charge is 2.18. The molecule has 1 saturated heterocycles. The predicted molar refractivity (Wildman–Crippen MR) is 110 cm³/mol. The normalized spacial score (nSPS) is 16.0. The number of thiazole rings is 1. The SMILES string of the molecule is Cc1nc(-c2ccc(Cl)cc2)sc1C(=O)NCCC1CCNC1.Cl.Cl. The van der Waals surface area contributed by atoms with Gasteiger partial charge in [0, 0.05) is 17.1 Å². The van der Waals surface area contributed by atoms with Crippen LogP contribution in [-0.2, 0) is 0 Å². The fourth-order valence-corrected chi connectivity index (χ4v) is 3.87. The lowest BCUT2D eigenvalue weighted by molar-refractivity contribution is 0.0955. The minimum atomic E-state index is -0.0221. The van der Waals surface area contributed by atoms with Crippen LogP contribution in [0, 0.1) is 12.8 Å². The molecule has 1 aromatic heterocycles. The zero-order chi connectivity index (χ0) is 16.2. The molecule has 1 atom stereocenters. The van der Waals surface area contributed by atoms with Gasteiger partial charge < -0.3 is 10.6 Å². The number of halogens is 3. The first kappa shape index (κ1) is 22.2. The van der Waals surface area contributed by atoms with Gasteiger partial charge in [0.2, 0.25) is 0 Å². The average Bonchev–Trinajstić information content (AvgIpc) is 3.17. The summed E-state index contributed by atoms with van der Waals surface area (Å²) in [6.07, 6.45) is 2.23. The molecule has 1 unspecified atom stereocenters. The highest BCUT2D eigenvalue weighted by molar-refractivity contribution is 7.17. The van der Waals surface area contributed by atoms with Crippen molar-refractivity contribution in [1.29, 1.82) is 0 Å². The molecular formula is C17H22Cl3N3OS. The van der Waals surface area contributed by atoms with E-state index < -0.39 is 0 Å². The number of aromatic nitrogens is 1. The van der Waals surface area contributed by atoms with Gasteiger partial charge in [-0.05, 0) is 50.9 Å². The van der Waals surface area contributed by atoms with Crippen molar-refractivity contribution >= 4 is 53.7 Å². The summed E-state index contributed by atoms with van der Waals surface area (Å²) in [6.45, 7) is 4.76. The van der Waals surface area contributed by atoms with E-state index in [4.69, 9.17) is 11.6 Å². The second-order valence-electron chi connectivity index (χ2n) is 5.84. The molecule has 0 spiro atoms. The number of hydrogen-bond acceptors (Lipinski definition) is 4. The van der Waals surface area contributed by atoms with Crippen LogP contribution in [-0.4, -0.2) is 30.5 Å². The van der Waals surface area contributed by atoms with Crippen LogP contribution >= 0.6 is 47.8 Å². The van der Waals surface area contributed by atoms with Crippen LogP contribution in [0.15, 0.2) is 24.3 Å². The first-order valence-corrected chi connectivity index (χ1v) is 9.05. The molecule has 2 aromatic rings. The Morgan fingerprint density at radius 2 is 2.08 bits per heavy atom. The van der Waals surface area contributed by atoms with Gasteiger partial charge in [0.1, 0.15) is 9.88 Å². The number of amides is 1. The van der Waals surface area contributed by atoms with Crippen LogP contribution in [0.4, 0.5) is 0 Å². The van der Waals surface area contributed by atoms with Crippen LogP contribution < -0.4 is 10.6 Å². The van der Waals surface area contributed by atoms with E-state index in [1.165, 1.54) is 17.8 Å². The van der Waals surface area contributed by atoms with E-state index in [2.05, 4.69) is 15.6 Å². The fourth-order valence-electron chi connectivity index (χ4n) is 2.75. The zero-order valence-corrected chi connectivity index (χ0v) is 17.1. The Balaban J connectivity index is 0.00000156. The third-order valence-electron chi connectivity index (χ3n) is 4.09. The molecule has 2 heterocycles. The standard InChI is InChI=1S/C17H20ClN3OS.2ClH/c1-11-15(16(22)20-9-7-12-6-8-19-10-12)23-17(21-11)13-2-4-14(18)5-3-13;;/h2-5,12,19H,6-10H2,1H3,(H,20,22);2*1H. The molecule has 0 radical (unpaired) electrons. The van der Waals surface area contributed by atoms with E-state index in [9.17, 15) is 4.79 Å². The molecule has 1 amide bonds. The molecule has 0 aliphatic carbocycles. The first-order chi connectivity index (χ1) is 11.1. The van der Waals surface area contributed by atoms with Gasteiger partial charge in [-0.2, -0.15) is 0 Å². The van der Waals surface area contributed by atoms with Crippen molar-refractivity contribution in [2.24, 2.45) is 5.92 Å². The van der Waals surface area contributed by atoms with Crippen LogP contribution in [0.25, 0.3) is 10.6 Å². The van der Waals surface area contributed by atoms with Crippen molar-refractivity contribution in [3.05, 3.63) is 39.9 Å². The van der Waals surface area contributed by atoms with E-state index in [-0.39, 0.29) is 30.7 Å². The Morgan fingerprint density at radius 1 is 1.36 bits per heavy atom. The Kier molecular flexibility index (Phi) is 9.17. The summed E-state index contributed by atoms with van der Waals surface area (Å²) < 4.78 is 0. The molecule has 3 rings (SSSR count). The lowest BCUT2D eigenvalue weighted by atomic mass is 10.1. The minimum absolute atomic E-state index is 0. The number of aryl methyl sites for hydroxylation is 1. The largest absolute Gasteiger partial charge is 0.351 e. The number of benzene rings is 1. The quantitative estimate of drug-likeness (QED) is 0.753. The number of nitrogens with zero attached hydrogens (tertiary/aromatic N) is 1. The Hall–Kier alpha value is -0.850. The Labute approximate surface area is 169 Å². The van der Waals surface area contributed by atoms with Gasteiger partial charge >= 0.3 is 0 Å². The smallest absolute Gasteiger partial charge is 0.263 e. The summed E-state index contributed by atoms with van der Waals surface area (Å²) in [7, 11) is 0. The molecule has 138 valence electrons. The summed E-state index contributed by atoms with van der Waals surface area (Å²) in [6, 6.07) is 7.52. The average molecular weight is 423 g/mol. The molecule has 1 aliphatic rings. The summed E-state index contributed by atoms with van der Waals surface area (Å²) in [5, 5.41) is 7.92. The second-order valence-corrected chi connectivity index (χ2v) is 7.28. The number of rotatable bonds is 5. The number of carbonyl (C=O) groups excluding carboxylic acids is 1. The van der Waals surface area contributed by atoms with Crippen molar-refractivity contribution in [3.8, 4) is 10.6 Å². The van der Waals surface area contributed by atoms with Crippen LogP contribution in [0.5, 0.6) is 0 Å². The lowest BCUT2D eigenvalue weighted by Crippen LogP contribution is -2.26. The van der Waals surface area contributed by atoms with E-state index in [0.717, 1.165) is 42.3 Å². The number of hydrogen-bond donors (Lipinski definition) is 2. The fraction of sp³-hybridized carbons (Fsp3) is 0.412. The van der Waals surface area contributed by atoms with Crippen LogP contribution in [0.2, 0.25) is 5.02 Å². The Morgan fingerprint density at radius 3 is 2.72 bits per heavy atom. The predicted octanol–water partition coefficient (Wildman–Crippen LogP) is 4.34. The molecule has 25 heavy (non-hydrogen) atoms. The third-order valence-corrected chi connectivity index (χ3v) is 5.55. The maximum Gasteiger partial charge on any atom is 0.263 e. The molecule has 1 aliphatic heterocycles. The van der Waals surface area contributed by atoms with Gasteiger partial charge in [-0.25, -0.2) is 4.98 Å². The maximum absolute atomic E-state index is 12.4. The number of carbonyl (C=O) groups is 1. The van der Waals surface area contributed by atoms with Crippen LogP contribution in [0.1, 0.15) is 28.2 Å². The van der Waals surface area contributed by atoms with Crippen molar-refractivity contribution in [1.82, 2.24) is 15.6 Å². The highest BCUT2D eigenvalue weighted by Crippen LogP contribution is 2.28. The van der Waals surface area contributed by atoms with Crippen molar-refractivity contribution in [3.63, 3.8) is 0 Å². The molecule has 8 heteroatoms. The molecule has 0 bridgehead atoms. The van der Waals surface area contributed by atoms with E-state index in [1.54, 1.807) is 0 Å². The van der Waals surface area contributed by atoms with Crippen molar-refractivity contribution in [2.75, 3.05) is 19.6 Å². The third kappa shape index (κ3) is 5.83.